The Kier molecular flexibility index (Phi) is 4.20. The molecule has 0 aliphatic heterocycles. The van der Waals surface area contributed by atoms with Crippen molar-refractivity contribution in [2.75, 3.05) is 18.1 Å². The molecular weight excluding hydrogens is 218 g/mol. The molecule has 2 aliphatic rings. The molecule has 0 amide bonds. The molecule has 1 fully saturated rings. The van der Waals surface area contributed by atoms with Crippen molar-refractivity contribution in [2.45, 2.75) is 32.7 Å². The molecule has 0 aromatic carbocycles. The Morgan fingerprint density at radius 3 is 2.81 bits per heavy atom. The molecule has 0 aromatic heterocycles. The van der Waals surface area contributed by atoms with Crippen molar-refractivity contribution in [1.82, 2.24) is 5.32 Å². The molecule has 2 rings (SSSR count). The van der Waals surface area contributed by atoms with Gasteiger partial charge in [0, 0.05) is 34.9 Å². The lowest BCUT2D eigenvalue weighted by Crippen LogP contribution is -2.37. The molecule has 3 heteroatoms. The molecule has 16 heavy (non-hydrogen) atoms. The molecule has 0 heterocycles. The van der Waals surface area contributed by atoms with Gasteiger partial charge in [-0.3, -0.25) is 4.21 Å². The fourth-order valence-corrected chi connectivity index (χ4v) is 3.73. The third kappa shape index (κ3) is 2.75. The largest absolute Gasteiger partial charge is 0.313 e. The molecule has 92 valence electrons. The van der Waals surface area contributed by atoms with Gasteiger partial charge in [0.05, 0.1) is 0 Å². The highest BCUT2D eigenvalue weighted by Gasteiger charge is 2.38. The summed E-state index contributed by atoms with van der Waals surface area (Å²) in [5.41, 5.74) is 0. The first-order valence-electron chi connectivity index (χ1n) is 6.47. The van der Waals surface area contributed by atoms with Crippen LogP contribution in [0.1, 0.15) is 26.7 Å². The van der Waals surface area contributed by atoms with Crippen LogP contribution in [0.4, 0.5) is 0 Å². The van der Waals surface area contributed by atoms with Crippen LogP contribution in [-0.4, -0.2) is 28.3 Å². The summed E-state index contributed by atoms with van der Waals surface area (Å²) in [4.78, 5) is 0. The van der Waals surface area contributed by atoms with E-state index in [1.54, 1.807) is 0 Å². The summed E-state index contributed by atoms with van der Waals surface area (Å²) in [6.45, 7) is 5.17. The molecule has 0 spiro atoms. The average Bonchev–Trinajstić information content (AvgIpc) is 2.90. The average molecular weight is 241 g/mol. The van der Waals surface area contributed by atoms with Gasteiger partial charge in [0.2, 0.25) is 0 Å². The van der Waals surface area contributed by atoms with Gasteiger partial charge in [0.1, 0.15) is 0 Å². The summed E-state index contributed by atoms with van der Waals surface area (Å²) >= 11 is 0. The van der Waals surface area contributed by atoms with Gasteiger partial charge in [-0.05, 0) is 37.5 Å². The van der Waals surface area contributed by atoms with Gasteiger partial charge in [0.15, 0.2) is 0 Å². The van der Waals surface area contributed by atoms with E-state index >= 15 is 0 Å². The monoisotopic (exact) mass is 241 g/mol. The maximum Gasteiger partial charge on any atom is 0.0360 e. The number of fused-ring (bicyclic) bond motifs is 2. The number of nitrogens with one attached hydrogen (secondary N) is 1. The van der Waals surface area contributed by atoms with Gasteiger partial charge < -0.3 is 5.32 Å². The van der Waals surface area contributed by atoms with Crippen LogP contribution in [0.2, 0.25) is 0 Å². The van der Waals surface area contributed by atoms with E-state index in [9.17, 15) is 4.21 Å². The van der Waals surface area contributed by atoms with E-state index < -0.39 is 10.8 Å². The Labute approximate surface area is 101 Å². The minimum atomic E-state index is -0.623. The van der Waals surface area contributed by atoms with Crippen LogP contribution in [0, 0.1) is 17.8 Å². The Balaban J connectivity index is 1.70. The number of allylic oxidation sites excluding steroid dienone is 2. The van der Waals surface area contributed by atoms with E-state index in [0.717, 1.165) is 35.8 Å². The first-order valence-corrected chi connectivity index (χ1v) is 7.96. The van der Waals surface area contributed by atoms with Crippen molar-refractivity contribution in [3.05, 3.63) is 12.2 Å². The maximum atomic E-state index is 11.3. The van der Waals surface area contributed by atoms with Crippen LogP contribution < -0.4 is 5.32 Å². The molecule has 2 bridgehead atoms. The highest BCUT2D eigenvalue weighted by molar-refractivity contribution is 7.84. The van der Waals surface area contributed by atoms with Crippen LogP contribution in [-0.2, 0) is 10.8 Å². The zero-order valence-corrected chi connectivity index (χ0v) is 11.1. The quantitative estimate of drug-likeness (QED) is 0.720. The first-order chi connectivity index (χ1) is 7.70. The highest BCUT2D eigenvalue weighted by Crippen LogP contribution is 2.44. The fourth-order valence-electron chi connectivity index (χ4n) is 3.09. The third-order valence-electron chi connectivity index (χ3n) is 4.09. The number of rotatable bonds is 6. The molecule has 5 unspecified atom stereocenters. The first kappa shape index (κ1) is 12.3. The second-order valence-corrected chi connectivity index (χ2v) is 6.98. The molecule has 2 aliphatic carbocycles. The van der Waals surface area contributed by atoms with Crippen LogP contribution in [0.3, 0.4) is 0 Å². The van der Waals surface area contributed by atoms with Crippen molar-refractivity contribution in [1.29, 1.82) is 0 Å². The van der Waals surface area contributed by atoms with E-state index in [4.69, 9.17) is 0 Å². The second-order valence-electron chi connectivity index (χ2n) is 5.12. The van der Waals surface area contributed by atoms with Crippen molar-refractivity contribution in [2.24, 2.45) is 17.8 Å². The van der Waals surface area contributed by atoms with Crippen LogP contribution >= 0.6 is 0 Å². The lowest BCUT2D eigenvalue weighted by molar-refractivity contribution is 0.333. The Morgan fingerprint density at radius 1 is 1.44 bits per heavy atom. The summed E-state index contributed by atoms with van der Waals surface area (Å²) in [5, 5.41) is 3.55. The molecule has 2 nitrogen and oxygen atoms in total. The standard InChI is InChI=1S/C13H23NOS/c1-3-16(15)7-6-14-10(2)13-9-11-4-5-12(13)8-11/h4-5,10-14H,3,6-9H2,1-2H3. The van der Waals surface area contributed by atoms with Gasteiger partial charge in [-0.25, -0.2) is 0 Å². The molecule has 5 atom stereocenters. The van der Waals surface area contributed by atoms with Crippen molar-refractivity contribution in [3.63, 3.8) is 0 Å². The predicted molar refractivity (Wildman–Crippen MR) is 69.9 cm³/mol. The maximum absolute atomic E-state index is 11.3. The third-order valence-corrected chi connectivity index (χ3v) is 5.39. The lowest BCUT2D eigenvalue weighted by atomic mass is 9.87. The van der Waals surface area contributed by atoms with Crippen LogP contribution in [0.5, 0.6) is 0 Å². The normalized spacial score (nSPS) is 35.5. The van der Waals surface area contributed by atoms with Gasteiger partial charge in [-0.2, -0.15) is 0 Å². The summed E-state index contributed by atoms with van der Waals surface area (Å²) in [6, 6.07) is 0.578. The summed E-state index contributed by atoms with van der Waals surface area (Å²) in [6.07, 6.45) is 7.52. The summed E-state index contributed by atoms with van der Waals surface area (Å²) < 4.78 is 11.3. The topological polar surface area (TPSA) is 29.1 Å². The molecule has 0 aromatic rings. The molecule has 0 saturated heterocycles. The molecule has 1 N–H and O–H groups in total. The van der Waals surface area contributed by atoms with E-state index in [0.29, 0.717) is 6.04 Å². The number of hydrogen-bond acceptors (Lipinski definition) is 2. The molecular formula is C13H23NOS. The Hall–Kier alpha value is -0.150. The zero-order valence-electron chi connectivity index (χ0n) is 10.3. The van der Waals surface area contributed by atoms with Crippen molar-refractivity contribution < 1.29 is 4.21 Å². The van der Waals surface area contributed by atoms with Gasteiger partial charge >= 0.3 is 0 Å². The summed E-state index contributed by atoms with van der Waals surface area (Å²) in [5.74, 6) is 4.06. The van der Waals surface area contributed by atoms with Gasteiger partial charge in [-0.1, -0.05) is 19.1 Å². The lowest BCUT2D eigenvalue weighted by Gasteiger charge is -2.26. The van der Waals surface area contributed by atoms with E-state index in [-0.39, 0.29) is 0 Å². The molecule has 1 saturated carbocycles. The minimum absolute atomic E-state index is 0.578. The summed E-state index contributed by atoms with van der Waals surface area (Å²) in [7, 11) is -0.623. The van der Waals surface area contributed by atoms with Gasteiger partial charge in [0.25, 0.3) is 0 Å². The fraction of sp³-hybridized carbons (Fsp3) is 0.846. The van der Waals surface area contributed by atoms with Crippen LogP contribution in [0.15, 0.2) is 12.2 Å². The predicted octanol–water partition coefficient (Wildman–Crippen LogP) is 1.95. The molecule has 0 radical (unpaired) electrons. The Bertz CT molecular complexity index is 290. The SMILES string of the molecule is CCS(=O)CCNC(C)C1CC2C=CC1C2. The van der Waals surface area contributed by atoms with Crippen molar-refractivity contribution in [3.8, 4) is 0 Å². The van der Waals surface area contributed by atoms with Crippen LogP contribution in [0.25, 0.3) is 0 Å². The Morgan fingerprint density at radius 2 is 2.25 bits per heavy atom. The number of hydrogen-bond donors (Lipinski definition) is 1. The minimum Gasteiger partial charge on any atom is -0.313 e. The van der Waals surface area contributed by atoms with E-state index in [1.165, 1.54) is 12.8 Å². The van der Waals surface area contributed by atoms with Crippen molar-refractivity contribution >= 4 is 10.8 Å². The van der Waals surface area contributed by atoms with E-state index in [1.807, 2.05) is 6.92 Å². The zero-order chi connectivity index (χ0) is 11.5. The smallest absolute Gasteiger partial charge is 0.0360 e. The highest BCUT2D eigenvalue weighted by atomic mass is 32.2. The van der Waals surface area contributed by atoms with E-state index in [2.05, 4.69) is 24.4 Å². The van der Waals surface area contributed by atoms with Gasteiger partial charge in [-0.15, -0.1) is 0 Å². The second kappa shape index (κ2) is 5.46.